The zero-order valence-electron chi connectivity index (χ0n) is 17.3. The molecule has 0 aliphatic heterocycles. The number of hydrogen-bond donors (Lipinski definition) is 0. The third kappa shape index (κ3) is 6.58. The van der Waals surface area contributed by atoms with Gasteiger partial charge < -0.3 is 0 Å². The molecule has 2 fully saturated rings. The van der Waals surface area contributed by atoms with Crippen molar-refractivity contribution in [2.75, 3.05) is 6.67 Å². The summed E-state index contributed by atoms with van der Waals surface area (Å²) in [6, 6.07) is 2.35. The molecule has 0 radical (unpaired) electrons. The number of unbranched alkanes of at least 4 members (excludes halogenated alkanes) is 1. The largest absolute Gasteiger partial charge is 0.251 e. The van der Waals surface area contributed by atoms with Crippen LogP contribution < -0.4 is 0 Å². The molecule has 0 saturated heterocycles. The maximum atomic E-state index is 13.5. The zero-order valence-corrected chi connectivity index (χ0v) is 17.3. The van der Waals surface area contributed by atoms with Crippen LogP contribution in [0.1, 0.15) is 88.5 Å². The van der Waals surface area contributed by atoms with Gasteiger partial charge in [-0.2, -0.15) is 0 Å². The van der Waals surface area contributed by atoms with Crippen LogP contribution in [0.15, 0.2) is 24.3 Å². The molecule has 0 N–H and O–H groups in total. The zero-order chi connectivity index (χ0) is 20.6. The van der Waals surface area contributed by atoms with Crippen molar-refractivity contribution in [1.29, 1.82) is 0 Å². The van der Waals surface area contributed by atoms with Crippen LogP contribution in [0.2, 0.25) is 0 Å². The molecule has 0 nitrogen and oxygen atoms in total. The molecule has 1 aromatic carbocycles. The van der Waals surface area contributed by atoms with Crippen LogP contribution in [0, 0.1) is 35.2 Å². The van der Waals surface area contributed by atoms with E-state index in [1.807, 2.05) is 0 Å². The fourth-order valence-corrected chi connectivity index (χ4v) is 5.22. The van der Waals surface area contributed by atoms with Crippen LogP contribution in [0.5, 0.6) is 0 Å². The Morgan fingerprint density at radius 3 is 1.90 bits per heavy atom. The first-order valence-electron chi connectivity index (χ1n) is 11.4. The Hall–Kier alpha value is -1.32. The molecule has 0 heterocycles. The summed E-state index contributed by atoms with van der Waals surface area (Å²) < 4.78 is 52.3. The highest BCUT2D eigenvalue weighted by Crippen LogP contribution is 2.40. The van der Waals surface area contributed by atoms with Gasteiger partial charge >= 0.3 is 0 Å². The molecule has 1 aromatic rings. The predicted molar refractivity (Wildman–Crippen MR) is 110 cm³/mol. The molecular formula is C25H34F4. The number of benzene rings is 1. The van der Waals surface area contributed by atoms with Gasteiger partial charge in [-0.15, -0.1) is 0 Å². The van der Waals surface area contributed by atoms with E-state index in [1.165, 1.54) is 50.7 Å². The predicted octanol–water partition coefficient (Wildman–Crippen LogP) is 8.27. The Labute approximate surface area is 172 Å². The second kappa shape index (κ2) is 11.2. The highest BCUT2D eigenvalue weighted by atomic mass is 19.2. The van der Waals surface area contributed by atoms with Gasteiger partial charge in [0.25, 0.3) is 0 Å². The van der Waals surface area contributed by atoms with Crippen LogP contribution in [-0.4, -0.2) is 6.67 Å². The van der Waals surface area contributed by atoms with E-state index in [0.29, 0.717) is 23.8 Å². The summed E-state index contributed by atoms with van der Waals surface area (Å²) in [5.41, 5.74) is 0.609. The topological polar surface area (TPSA) is 0 Å². The summed E-state index contributed by atoms with van der Waals surface area (Å²) in [7, 11) is 0. The Morgan fingerprint density at radius 1 is 0.793 bits per heavy atom. The third-order valence-electron chi connectivity index (χ3n) is 7.11. The van der Waals surface area contributed by atoms with Gasteiger partial charge in [0.15, 0.2) is 17.5 Å². The lowest BCUT2D eigenvalue weighted by atomic mass is 9.74. The van der Waals surface area contributed by atoms with E-state index in [4.69, 9.17) is 0 Å². The number of allylic oxidation sites excluding steroid dienone is 2. The molecule has 3 rings (SSSR count). The van der Waals surface area contributed by atoms with E-state index in [9.17, 15) is 17.6 Å². The number of hydrogen-bond acceptors (Lipinski definition) is 0. The van der Waals surface area contributed by atoms with E-state index >= 15 is 0 Å². The Morgan fingerprint density at radius 2 is 1.34 bits per heavy atom. The first kappa shape index (κ1) is 22.4. The molecule has 2 aliphatic rings. The summed E-state index contributed by atoms with van der Waals surface area (Å²) >= 11 is 0. The molecule has 2 saturated carbocycles. The molecular weight excluding hydrogens is 376 g/mol. The van der Waals surface area contributed by atoms with Crippen molar-refractivity contribution < 1.29 is 17.6 Å². The fraction of sp³-hybridized carbons (Fsp3) is 0.680. The van der Waals surface area contributed by atoms with Crippen molar-refractivity contribution in [3.05, 3.63) is 47.3 Å². The van der Waals surface area contributed by atoms with E-state index in [-0.39, 0.29) is 12.6 Å². The first-order valence-corrected chi connectivity index (χ1v) is 11.4. The Bertz CT molecular complexity index is 630. The van der Waals surface area contributed by atoms with Crippen molar-refractivity contribution >= 4 is 0 Å². The lowest BCUT2D eigenvalue weighted by molar-refractivity contribution is 0.245. The highest BCUT2D eigenvalue weighted by molar-refractivity contribution is 5.23. The quantitative estimate of drug-likeness (QED) is 0.175. The van der Waals surface area contributed by atoms with Gasteiger partial charge in [0, 0.05) is 0 Å². The Kier molecular flexibility index (Phi) is 8.62. The van der Waals surface area contributed by atoms with Crippen molar-refractivity contribution in [2.24, 2.45) is 17.8 Å². The number of rotatable bonds is 8. The Balaban J connectivity index is 1.35. The van der Waals surface area contributed by atoms with Crippen LogP contribution >= 0.6 is 0 Å². The summed E-state index contributed by atoms with van der Waals surface area (Å²) in [6.45, 7) is -0.226. The first-order chi connectivity index (χ1) is 14.1. The van der Waals surface area contributed by atoms with Gasteiger partial charge in [-0.05, 0) is 106 Å². The van der Waals surface area contributed by atoms with Crippen molar-refractivity contribution in [1.82, 2.24) is 0 Å². The maximum Gasteiger partial charge on any atom is 0.194 e. The second-order valence-corrected chi connectivity index (χ2v) is 9.13. The van der Waals surface area contributed by atoms with E-state index in [1.54, 1.807) is 0 Å². The number of halogens is 4. The molecule has 0 atom stereocenters. The average Bonchev–Trinajstić information content (AvgIpc) is 2.74. The van der Waals surface area contributed by atoms with Gasteiger partial charge in [-0.1, -0.05) is 25.0 Å². The summed E-state index contributed by atoms with van der Waals surface area (Å²) in [5.74, 6) is -1.16. The van der Waals surface area contributed by atoms with Crippen molar-refractivity contribution in [3.8, 4) is 0 Å². The lowest BCUT2D eigenvalue weighted by Gasteiger charge is -2.31. The van der Waals surface area contributed by atoms with Crippen LogP contribution in [0.4, 0.5) is 17.6 Å². The van der Waals surface area contributed by atoms with Gasteiger partial charge in [0.1, 0.15) is 0 Å². The minimum atomic E-state index is -1.37. The minimum absolute atomic E-state index is 0.149. The average molecular weight is 411 g/mol. The van der Waals surface area contributed by atoms with E-state index in [2.05, 4.69) is 12.2 Å². The van der Waals surface area contributed by atoms with Gasteiger partial charge in [-0.3, -0.25) is 4.39 Å². The standard InChI is InChI=1S/C25H34F4/c26-15-3-1-2-4-18-5-7-19(8-6-18)9-10-20-11-13-21(14-12-20)22-16-23(27)25(29)24(28)17-22/h2,4,16-21H,1,3,5-15H2/b4-2+/t18-,19-,20-,21-. The van der Waals surface area contributed by atoms with Gasteiger partial charge in [0.2, 0.25) is 0 Å². The molecule has 0 aromatic heterocycles. The second-order valence-electron chi connectivity index (χ2n) is 9.13. The van der Waals surface area contributed by atoms with Crippen molar-refractivity contribution in [3.63, 3.8) is 0 Å². The van der Waals surface area contributed by atoms with E-state index in [0.717, 1.165) is 38.0 Å². The maximum absolute atomic E-state index is 13.5. The van der Waals surface area contributed by atoms with Crippen LogP contribution in [0.3, 0.4) is 0 Å². The lowest BCUT2D eigenvalue weighted by Crippen LogP contribution is -2.17. The van der Waals surface area contributed by atoms with Gasteiger partial charge in [0.05, 0.1) is 6.67 Å². The molecule has 0 unspecified atom stereocenters. The fourth-order valence-electron chi connectivity index (χ4n) is 5.22. The normalized spacial score (nSPS) is 28.1. The molecule has 4 heteroatoms. The molecule has 0 bridgehead atoms. The number of alkyl halides is 1. The molecule has 29 heavy (non-hydrogen) atoms. The third-order valence-corrected chi connectivity index (χ3v) is 7.11. The summed E-state index contributed by atoms with van der Waals surface area (Å²) in [5, 5.41) is 0. The van der Waals surface area contributed by atoms with Crippen molar-refractivity contribution in [2.45, 2.75) is 83.0 Å². The van der Waals surface area contributed by atoms with E-state index < -0.39 is 17.5 Å². The van der Waals surface area contributed by atoms with Crippen LogP contribution in [-0.2, 0) is 0 Å². The molecule has 0 spiro atoms. The minimum Gasteiger partial charge on any atom is -0.251 e. The van der Waals surface area contributed by atoms with Crippen LogP contribution in [0.25, 0.3) is 0 Å². The highest BCUT2D eigenvalue weighted by Gasteiger charge is 2.26. The summed E-state index contributed by atoms with van der Waals surface area (Å²) in [6.07, 6.45) is 17.6. The van der Waals surface area contributed by atoms with Gasteiger partial charge in [-0.25, -0.2) is 13.2 Å². The SMILES string of the molecule is FCCC/C=C/[C@H]1CC[C@H](CC[C@H]2CC[C@H](c3cc(F)c(F)c(F)c3)CC2)CC1. The molecule has 162 valence electrons. The summed E-state index contributed by atoms with van der Waals surface area (Å²) in [4.78, 5) is 0. The molecule has 0 amide bonds. The monoisotopic (exact) mass is 410 g/mol. The molecule has 2 aliphatic carbocycles. The smallest absolute Gasteiger partial charge is 0.194 e.